The summed E-state index contributed by atoms with van der Waals surface area (Å²) in [6.07, 6.45) is 3.85. The molecule has 142 valence electrons. The molecule has 1 fully saturated rings. The number of hydrogen-bond donors (Lipinski definition) is 2. The molecule has 3 heterocycles. The third kappa shape index (κ3) is 3.82. The van der Waals surface area contributed by atoms with E-state index in [1.165, 1.54) is 11.2 Å². The lowest BCUT2D eigenvalue weighted by molar-refractivity contribution is 0.183. The van der Waals surface area contributed by atoms with Gasteiger partial charge in [0.25, 0.3) is 0 Å². The smallest absolute Gasteiger partial charge is 0.324 e. The molecule has 2 N–H and O–H groups in total. The van der Waals surface area contributed by atoms with Crippen molar-refractivity contribution in [2.45, 2.75) is 58.4 Å². The first-order valence-corrected chi connectivity index (χ1v) is 9.79. The maximum absolute atomic E-state index is 12.6. The Kier molecular flexibility index (Phi) is 5.17. The standard InChI is InChI=1S/C17H26N6O2S/c1-5-12-13(17(2,3)4)26-14(19-12)20-15(24)22-8-6-11(7-9-22)23-10-18-21-16(23)25/h10-11H,5-9H2,1-4H3,(H,21,25)(H,19,20,24). The fourth-order valence-electron chi connectivity index (χ4n) is 3.27. The predicted molar refractivity (Wildman–Crippen MR) is 102 cm³/mol. The van der Waals surface area contributed by atoms with Crippen molar-refractivity contribution in [1.82, 2.24) is 24.6 Å². The number of aryl methyl sites for hydroxylation is 1. The third-order valence-corrected chi connectivity index (χ3v) is 6.09. The second kappa shape index (κ2) is 7.22. The molecule has 1 aliphatic heterocycles. The van der Waals surface area contributed by atoms with Crippen molar-refractivity contribution >= 4 is 22.5 Å². The molecule has 8 nitrogen and oxygen atoms in total. The van der Waals surface area contributed by atoms with Gasteiger partial charge in [-0.2, -0.15) is 5.10 Å². The maximum atomic E-state index is 12.6. The van der Waals surface area contributed by atoms with Crippen molar-refractivity contribution in [3.63, 3.8) is 0 Å². The van der Waals surface area contributed by atoms with Crippen LogP contribution in [0.1, 0.15) is 57.1 Å². The number of nitrogens with one attached hydrogen (secondary N) is 2. The Balaban J connectivity index is 1.62. The Morgan fingerprint density at radius 1 is 1.38 bits per heavy atom. The fourth-order valence-corrected chi connectivity index (χ4v) is 4.37. The summed E-state index contributed by atoms with van der Waals surface area (Å²) < 4.78 is 1.61. The van der Waals surface area contributed by atoms with Crippen LogP contribution in [0.4, 0.5) is 9.93 Å². The molecule has 3 rings (SSSR count). The van der Waals surface area contributed by atoms with Gasteiger partial charge in [0.15, 0.2) is 5.13 Å². The molecular formula is C17H26N6O2S. The Bertz CT molecular complexity index is 823. The summed E-state index contributed by atoms with van der Waals surface area (Å²) in [6, 6.07) is -0.0378. The molecule has 0 radical (unpaired) electrons. The lowest BCUT2D eigenvalue weighted by Gasteiger charge is -2.31. The van der Waals surface area contributed by atoms with Crippen molar-refractivity contribution in [3.05, 3.63) is 27.4 Å². The number of carbonyl (C=O) groups excluding carboxylic acids is 1. The van der Waals surface area contributed by atoms with Gasteiger partial charge in [0, 0.05) is 24.0 Å². The number of nitrogens with zero attached hydrogens (tertiary/aromatic N) is 4. The number of likely N-dealkylation sites (tertiary alicyclic amines) is 1. The normalized spacial score (nSPS) is 16.1. The second-order valence-corrected chi connectivity index (χ2v) is 8.61. The highest BCUT2D eigenvalue weighted by molar-refractivity contribution is 7.16. The molecule has 2 aromatic rings. The van der Waals surface area contributed by atoms with E-state index < -0.39 is 0 Å². The molecular weight excluding hydrogens is 352 g/mol. The van der Waals surface area contributed by atoms with Gasteiger partial charge in [-0.25, -0.2) is 19.7 Å². The SMILES string of the molecule is CCc1nc(NC(=O)N2CCC(n3cn[nH]c3=O)CC2)sc1C(C)(C)C. The molecule has 0 unspecified atom stereocenters. The summed E-state index contributed by atoms with van der Waals surface area (Å²) in [5, 5.41) is 9.79. The van der Waals surface area contributed by atoms with Crippen molar-refractivity contribution < 1.29 is 4.79 Å². The van der Waals surface area contributed by atoms with Crippen LogP contribution >= 0.6 is 11.3 Å². The van der Waals surface area contributed by atoms with Gasteiger partial charge in [0.1, 0.15) is 6.33 Å². The summed E-state index contributed by atoms with van der Waals surface area (Å²) in [5.41, 5.74) is 0.871. The van der Waals surface area contributed by atoms with E-state index in [2.05, 4.69) is 48.2 Å². The van der Waals surface area contributed by atoms with Gasteiger partial charge in [-0.15, -0.1) is 11.3 Å². The highest BCUT2D eigenvalue weighted by Crippen LogP contribution is 2.34. The van der Waals surface area contributed by atoms with Crippen LogP contribution in [0.25, 0.3) is 0 Å². The van der Waals surface area contributed by atoms with Crippen LogP contribution in [0.2, 0.25) is 0 Å². The number of anilines is 1. The van der Waals surface area contributed by atoms with E-state index in [-0.39, 0.29) is 23.2 Å². The number of aromatic nitrogens is 4. The molecule has 0 aromatic carbocycles. The number of H-pyrrole nitrogens is 1. The molecule has 26 heavy (non-hydrogen) atoms. The van der Waals surface area contributed by atoms with Gasteiger partial charge < -0.3 is 4.90 Å². The van der Waals surface area contributed by atoms with Gasteiger partial charge in [-0.3, -0.25) is 9.88 Å². The fraction of sp³-hybridized carbons (Fsp3) is 0.647. The average molecular weight is 379 g/mol. The first-order chi connectivity index (χ1) is 12.3. The Morgan fingerprint density at radius 3 is 2.58 bits per heavy atom. The van der Waals surface area contributed by atoms with Gasteiger partial charge in [-0.05, 0) is 24.7 Å². The highest BCUT2D eigenvalue weighted by atomic mass is 32.1. The minimum Gasteiger partial charge on any atom is -0.324 e. The topological polar surface area (TPSA) is 95.9 Å². The summed E-state index contributed by atoms with van der Waals surface area (Å²) in [6.45, 7) is 9.77. The first-order valence-electron chi connectivity index (χ1n) is 8.97. The van der Waals surface area contributed by atoms with Crippen LogP contribution in [0.15, 0.2) is 11.1 Å². The number of rotatable bonds is 3. The molecule has 0 spiro atoms. The number of aromatic amines is 1. The van der Waals surface area contributed by atoms with Crippen LogP contribution < -0.4 is 11.0 Å². The summed E-state index contributed by atoms with van der Waals surface area (Å²) >= 11 is 1.56. The van der Waals surface area contributed by atoms with Crippen LogP contribution in [0, 0.1) is 0 Å². The van der Waals surface area contributed by atoms with Gasteiger partial charge in [0.05, 0.1) is 5.69 Å². The minimum absolute atomic E-state index is 0.0161. The Labute approximate surface area is 156 Å². The first kappa shape index (κ1) is 18.6. The molecule has 2 aromatic heterocycles. The van der Waals surface area contributed by atoms with Crippen LogP contribution in [-0.4, -0.2) is 43.8 Å². The molecule has 1 aliphatic rings. The molecule has 0 atom stereocenters. The van der Waals surface area contributed by atoms with E-state index in [0.717, 1.165) is 25.0 Å². The van der Waals surface area contributed by atoms with E-state index in [1.54, 1.807) is 20.8 Å². The van der Waals surface area contributed by atoms with Crippen LogP contribution in [0.3, 0.4) is 0 Å². The largest absolute Gasteiger partial charge is 0.343 e. The van der Waals surface area contributed by atoms with Crippen molar-refractivity contribution in [1.29, 1.82) is 0 Å². The van der Waals surface area contributed by atoms with Crippen LogP contribution in [-0.2, 0) is 11.8 Å². The highest BCUT2D eigenvalue weighted by Gasteiger charge is 2.27. The lowest BCUT2D eigenvalue weighted by atomic mass is 9.93. The van der Waals surface area contributed by atoms with Gasteiger partial charge in [-0.1, -0.05) is 27.7 Å². The van der Waals surface area contributed by atoms with E-state index in [4.69, 9.17) is 0 Å². The monoisotopic (exact) mass is 378 g/mol. The van der Waals surface area contributed by atoms with E-state index in [0.29, 0.717) is 18.2 Å². The predicted octanol–water partition coefficient (Wildman–Crippen LogP) is 2.76. The number of thiazole rings is 1. The molecule has 9 heteroatoms. The quantitative estimate of drug-likeness (QED) is 0.858. The van der Waals surface area contributed by atoms with E-state index in [1.807, 2.05) is 0 Å². The van der Waals surface area contributed by atoms with Crippen molar-refractivity contribution in [3.8, 4) is 0 Å². The van der Waals surface area contributed by atoms with Crippen molar-refractivity contribution in [2.24, 2.45) is 0 Å². The maximum Gasteiger partial charge on any atom is 0.343 e. The van der Waals surface area contributed by atoms with Crippen molar-refractivity contribution in [2.75, 3.05) is 18.4 Å². The molecule has 0 bridgehead atoms. The zero-order chi connectivity index (χ0) is 18.9. The lowest BCUT2D eigenvalue weighted by Crippen LogP contribution is -2.42. The molecule has 1 saturated heterocycles. The second-order valence-electron chi connectivity index (χ2n) is 7.62. The average Bonchev–Trinajstić information content (AvgIpc) is 3.20. The number of carbonyl (C=O) groups is 1. The number of hydrogen-bond acceptors (Lipinski definition) is 5. The van der Waals surface area contributed by atoms with Crippen LogP contribution in [0.5, 0.6) is 0 Å². The zero-order valence-electron chi connectivity index (χ0n) is 15.7. The third-order valence-electron chi connectivity index (χ3n) is 4.65. The van der Waals surface area contributed by atoms with Gasteiger partial charge in [0.2, 0.25) is 0 Å². The van der Waals surface area contributed by atoms with E-state index >= 15 is 0 Å². The minimum atomic E-state index is -0.197. The Morgan fingerprint density at radius 2 is 2.08 bits per heavy atom. The molecule has 0 saturated carbocycles. The summed E-state index contributed by atoms with van der Waals surface area (Å²) in [5.74, 6) is 0. The zero-order valence-corrected chi connectivity index (χ0v) is 16.5. The summed E-state index contributed by atoms with van der Waals surface area (Å²) in [7, 11) is 0. The Hall–Kier alpha value is -2.16. The molecule has 0 aliphatic carbocycles. The van der Waals surface area contributed by atoms with Gasteiger partial charge >= 0.3 is 11.7 Å². The molecule has 2 amide bonds. The van der Waals surface area contributed by atoms with E-state index in [9.17, 15) is 9.59 Å². The number of urea groups is 1. The summed E-state index contributed by atoms with van der Waals surface area (Å²) in [4.78, 5) is 31.8. The number of piperidine rings is 1. The number of amides is 2.